The SMILES string of the molecule is [2H]C(C)(C)c1ccnc(-c2[c-]ccc3c2sc2ccccc23)c1.[CH3][Ge]([CH3])([CH3])[c]1ccc(-c2[c-]cccc2)nc1.[Ir]. The van der Waals surface area contributed by atoms with Gasteiger partial charge in [-0.2, -0.15) is 11.3 Å². The number of benzene rings is 3. The maximum absolute atomic E-state index is 8.25. The Morgan fingerprint density at radius 2 is 1.62 bits per heavy atom. The molecule has 0 spiro atoms. The molecule has 6 aromatic rings. The molecule has 0 unspecified atom stereocenters. The van der Waals surface area contributed by atoms with Crippen molar-refractivity contribution in [2.75, 3.05) is 0 Å². The zero-order valence-corrected chi connectivity index (χ0v) is 28.2. The Hall–Kier alpha value is -2.63. The Balaban J connectivity index is 0.000000192. The molecule has 3 aromatic carbocycles. The molecule has 0 saturated carbocycles. The van der Waals surface area contributed by atoms with Gasteiger partial charge in [0.15, 0.2) is 0 Å². The first kappa shape index (κ1) is 27.9. The van der Waals surface area contributed by atoms with Crippen LogP contribution >= 0.6 is 11.3 Å². The second-order valence-corrected chi connectivity index (χ2v) is 22.3. The number of aromatic nitrogens is 2. The summed E-state index contributed by atoms with van der Waals surface area (Å²) in [6, 6.07) is 35.3. The number of thiophene rings is 1. The fraction of sp³-hybridized carbons (Fsp3) is 0.176. The van der Waals surface area contributed by atoms with Crippen molar-refractivity contribution in [1.29, 1.82) is 0 Å². The van der Waals surface area contributed by atoms with Crippen molar-refractivity contribution in [1.82, 2.24) is 9.97 Å². The average Bonchev–Trinajstić information content (AvgIpc) is 3.32. The molecule has 0 aliphatic rings. The summed E-state index contributed by atoms with van der Waals surface area (Å²) in [5.74, 6) is 6.51. The third-order valence-corrected chi connectivity index (χ3v) is 12.0. The molecule has 1 radical (unpaired) electrons. The minimum Gasteiger partial charge on any atom is 0 e. The van der Waals surface area contributed by atoms with Crippen molar-refractivity contribution in [3.8, 4) is 22.5 Å². The van der Waals surface area contributed by atoms with Crippen molar-refractivity contribution in [3.05, 3.63) is 115 Å². The van der Waals surface area contributed by atoms with E-state index in [2.05, 4.69) is 81.8 Å². The van der Waals surface area contributed by atoms with Gasteiger partial charge in [-0.15, -0.1) is 23.8 Å². The molecule has 6 rings (SSSR count). The summed E-state index contributed by atoms with van der Waals surface area (Å²) < 4.78 is 12.2. The van der Waals surface area contributed by atoms with E-state index in [4.69, 9.17) is 1.37 Å². The largest absolute Gasteiger partial charge is 0 e. The van der Waals surface area contributed by atoms with Gasteiger partial charge in [0.1, 0.15) is 0 Å². The molecule has 0 atom stereocenters. The van der Waals surface area contributed by atoms with E-state index in [0.29, 0.717) is 0 Å². The zero-order chi connectivity index (χ0) is 27.6. The second kappa shape index (κ2) is 12.7. The topological polar surface area (TPSA) is 25.8 Å². The number of nitrogens with zero attached hydrogens (tertiary/aromatic N) is 2. The second-order valence-electron chi connectivity index (χ2n) is 10.6. The van der Waals surface area contributed by atoms with E-state index in [1.165, 1.54) is 24.6 Å². The molecule has 0 amide bonds. The molecule has 0 saturated heterocycles. The first-order valence-electron chi connectivity index (χ1n) is 13.3. The molecule has 0 aliphatic heterocycles. The predicted molar refractivity (Wildman–Crippen MR) is 167 cm³/mol. The molecular formula is C34H32GeIrN2S-2. The van der Waals surface area contributed by atoms with Gasteiger partial charge in [0, 0.05) is 32.4 Å². The molecular weight excluding hydrogens is 733 g/mol. The zero-order valence-electron chi connectivity index (χ0n) is 23.9. The van der Waals surface area contributed by atoms with Gasteiger partial charge < -0.3 is 4.98 Å². The smallest absolute Gasteiger partial charge is 0 e. The third-order valence-electron chi connectivity index (χ3n) is 6.55. The third kappa shape index (κ3) is 6.75. The van der Waals surface area contributed by atoms with E-state index in [0.717, 1.165) is 28.1 Å². The van der Waals surface area contributed by atoms with E-state index >= 15 is 0 Å². The normalized spacial score (nSPS) is 11.9. The molecule has 39 heavy (non-hydrogen) atoms. The maximum Gasteiger partial charge on any atom is 0 e. The first-order valence-corrected chi connectivity index (χ1v) is 21.0. The fourth-order valence-corrected chi connectivity index (χ4v) is 7.69. The molecule has 3 aromatic heterocycles. The standard InChI is InChI=1S/C20H16NS.C14H16GeN.Ir/c1-13(2)14-10-11-21-18(12-14)17-8-5-7-16-15-6-3-4-9-19(15)22-20(16)17;1-15(2,3)13-9-10-14(16-11-13)12-7-5-4-6-8-12;/h3-7,9-13H,1-2H3;4-7,9-11H,1-3H3;/q2*-1;/i13D;;. The van der Waals surface area contributed by atoms with E-state index < -0.39 is 19.2 Å². The van der Waals surface area contributed by atoms with E-state index in [1.807, 2.05) is 62.5 Å². The summed E-state index contributed by atoms with van der Waals surface area (Å²) in [7, 11) is 0. The summed E-state index contributed by atoms with van der Waals surface area (Å²) >= 11 is 0.0625. The van der Waals surface area contributed by atoms with Crippen molar-refractivity contribution in [2.24, 2.45) is 0 Å². The minimum atomic E-state index is -1.72. The van der Waals surface area contributed by atoms with Gasteiger partial charge in [0.05, 0.1) is 0 Å². The predicted octanol–water partition coefficient (Wildman–Crippen LogP) is 9.13. The number of fused-ring (bicyclic) bond motifs is 3. The van der Waals surface area contributed by atoms with Gasteiger partial charge in [-0.05, 0) is 33.8 Å². The maximum atomic E-state index is 8.25. The van der Waals surface area contributed by atoms with Crippen LogP contribution in [0.3, 0.4) is 0 Å². The van der Waals surface area contributed by atoms with Crippen LogP contribution in [0, 0.1) is 12.1 Å². The van der Waals surface area contributed by atoms with Crippen LogP contribution in [-0.4, -0.2) is 23.2 Å². The Kier molecular flexibility index (Phi) is 9.09. The van der Waals surface area contributed by atoms with E-state index in [9.17, 15) is 0 Å². The van der Waals surface area contributed by atoms with Gasteiger partial charge in [-0.25, -0.2) is 0 Å². The van der Waals surface area contributed by atoms with E-state index in [-0.39, 0.29) is 20.1 Å². The van der Waals surface area contributed by atoms with Crippen molar-refractivity contribution >= 4 is 49.2 Å². The van der Waals surface area contributed by atoms with Gasteiger partial charge in [0.2, 0.25) is 0 Å². The minimum absolute atomic E-state index is 0. The van der Waals surface area contributed by atoms with Gasteiger partial charge in [0.25, 0.3) is 0 Å². The number of hydrogen-bond acceptors (Lipinski definition) is 3. The summed E-state index contributed by atoms with van der Waals surface area (Å²) in [4.78, 5) is 9.07. The number of rotatable bonds is 4. The Bertz CT molecular complexity index is 1720. The molecule has 0 N–H and O–H groups in total. The summed E-state index contributed by atoms with van der Waals surface area (Å²) in [6.07, 6.45) is 3.83. The molecule has 199 valence electrons. The van der Waals surface area contributed by atoms with Crippen LogP contribution in [0.25, 0.3) is 42.7 Å². The van der Waals surface area contributed by atoms with Crippen LogP contribution in [-0.2, 0) is 20.1 Å². The molecule has 0 bridgehead atoms. The molecule has 0 aliphatic carbocycles. The fourth-order valence-electron chi connectivity index (χ4n) is 4.31. The van der Waals surface area contributed by atoms with Crippen LogP contribution in [0.1, 0.15) is 26.7 Å². The Labute approximate surface area is 253 Å². The van der Waals surface area contributed by atoms with Gasteiger partial charge >= 0.3 is 99.8 Å². The molecule has 0 fully saturated rings. The molecule has 5 heteroatoms. The summed E-state index contributed by atoms with van der Waals surface area (Å²) in [5.41, 5.74) is 4.95. The Morgan fingerprint density at radius 3 is 2.31 bits per heavy atom. The first-order chi connectivity index (χ1) is 18.6. The number of hydrogen-bond donors (Lipinski definition) is 0. The molecule has 2 nitrogen and oxygen atoms in total. The average molecular weight is 767 g/mol. The monoisotopic (exact) mass is 768 g/mol. The summed E-state index contributed by atoms with van der Waals surface area (Å²) in [6.45, 7) is 3.80. The van der Waals surface area contributed by atoms with Crippen molar-refractivity contribution in [2.45, 2.75) is 37.0 Å². The van der Waals surface area contributed by atoms with Crippen LogP contribution in [0.5, 0.6) is 0 Å². The Morgan fingerprint density at radius 1 is 0.821 bits per heavy atom. The van der Waals surface area contributed by atoms with Crippen molar-refractivity contribution in [3.63, 3.8) is 0 Å². The van der Waals surface area contributed by atoms with Crippen molar-refractivity contribution < 1.29 is 21.5 Å². The van der Waals surface area contributed by atoms with Crippen LogP contribution in [0.15, 0.2) is 97.3 Å². The molecule has 3 heterocycles. The van der Waals surface area contributed by atoms with Crippen LogP contribution < -0.4 is 4.40 Å². The van der Waals surface area contributed by atoms with Crippen LogP contribution in [0.2, 0.25) is 17.3 Å². The number of pyridine rings is 2. The van der Waals surface area contributed by atoms with Gasteiger partial charge in [-0.3, -0.25) is 0 Å². The van der Waals surface area contributed by atoms with Gasteiger partial charge in [-0.1, -0.05) is 49.1 Å². The quantitative estimate of drug-likeness (QED) is 0.132. The van der Waals surface area contributed by atoms with E-state index in [1.54, 1.807) is 17.5 Å². The summed E-state index contributed by atoms with van der Waals surface area (Å²) in [5, 5.41) is 2.52. The van der Waals surface area contributed by atoms with Crippen LogP contribution in [0.4, 0.5) is 0 Å².